The van der Waals surface area contributed by atoms with Gasteiger partial charge in [0.15, 0.2) is 5.75 Å². The lowest BCUT2D eigenvalue weighted by molar-refractivity contribution is -0.213. The summed E-state index contributed by atoms with van der Waals surface area (Å²) in [6.07, 6.45) is 1.86. The molecule has 0 saturated heterocycles. The molecule has 0 amide bonds. The molecule has 1 heterocycles. The second-order valence-electron chi connectivity index (χ2n) is 3.61. The SMILES string of the molecule is CCC(=O)OOc1ccccc1Oc1ccccn1. The quantitative estimate of drug-likeness (QED) is 0.610. The number of ether oxygens (including phenoxy) is 1. The summed E-state index contributed by atoms with van der Waals surface area (Å²) in [5, 5.41) is 0. The first-order valence-corrected chi connectivity index (χ1v) is 5.85. The fourth-order valence-corrected chi connectivity index (χ4v) is 1.27. The van der Waals surface area contributed by atoms with Crippen molar-refractivity contribution in [1.29, 1.82) is 0 Å². The predicted molar refractivity (Wildman–Crippen MR) is 67.8 cm³/mol. The molecule has 0 atom stereocenters. The Hall–Kier alpha value is -2.56. The molecule has 0 saturated carbocycles. The van der Waals surface area contributed by atoms with Gasteiger partial charge in [0.2, 0.25) is 11.6 Å². The first kappa shape index (κ1) is 12.9. The van der Waals surface area contributed by atoms with Crippen LogP contribution in [0.25, 0.3) is 0 Å². The molecule has 1 aromatic heterocycles. The Labute approximate surface area is 110 Å². The normalized spacial score (nSPS) is 9.74. The van der Waals surface area contributed by atoms with Crippen LogP contribution in [0.15, 0.2) is 48.7 Å². The number of pyridine rings is 1. The molecule has 5 nitrogen and oxygen atoms in total. The van der Waals surface area contributed by atoms with Gasteiger partial charge in [-0.15, -0.1) is 0 Å². The number of para-hydroxylation sites is 2. The van der Waals surface area contributed by atoms with Crippen LogP contribution >= 0.6 is 0 Å². The number of hydrogen-bond donors (Lipinski definition) is 0. The number of hydrogen-bond acceptors (Lipinski definition) is 5. The smallest absolute Gasteiger partial charge is 0.355 e. The topological polar surface area (TPSA) is 57.7 Å². The third-order valence-corrected chi connectivity index (χ3v) is 2.21. The van der Waals surface area contributed by atoms with Crippen molar-refractivity contribution in [2.75, 3.05) is 0 Å². The molecule has 2 rings (SSSR count). The van der Waals surface area contributed by atoms with E-state index in [0.29, 0.717) is 17.4 Å². The summed E-state index contributed by atoms with van der Waals surface area (Å²) in [6, 6.07) is 12.2. The van der Waals surface area contributed by atoms with Crippen molar-refractivity contribution in [2.24, 2.45) is 0 Å². The van der Waals surface area contributed by atoms with Gasteiger partial charge in [-0.25, -0.2) is 9.78 Å². The van der Waals surface area contributed by atoms with Crippen LogP contribution in [0.5, 0.6) is 17.4 Å². The van der Waals surface area contributed by atoms with Crippen molar-refractivity contribution in [1.82, 2.24) is 4.98 Å². The van der Waals surface area contributed by atoms with E-state index in [1.807, 2.05) is 6.07 Å². The molecule has 1 aromatic carbocycles. The van der Waals surface area contributed by atoms with E-state index in [1.165, 1.54) is 0 Å². The molecule has 0 bridgehead atoms. The molecule has 0 fully saturated rings. The van der Waals surface area contributed by atoms with Gasteiger partial charge in [0, 0.05) is 18.7 Å². The Morgan fingerprint density at radius 2 is 1.84 bits per heavy atom. The Kier molecular flexibility index (Phi) is 4.34. The van der Waals surface area contributed by atoms with Gasteiger partial charge < -0.3 is 4.74 Å². The van der Waals surface area contributed by atoms with Crippen LogP contribution < -0.4 is 9.62 Å². The largest absolute Gasteiger partial charge is 0.435 e. The van der Waals surface area contributed by atoms with Crippen molar-refractivity contribution in [3.8, 4) is 17.4 Å². The van der Waals surface area contributed by atoms with Gasteiger partial charge in [0.25, 0.3) is 0 Å². The molecule has 98 valence electrons. The van der Waals surface area contributed by atoms with E-state index in [2.05, 4.69) is 9.87 Å². The van der Waals surface area contributed by atoms with Gasteiger partial charge >= 0.3 is 5.97 Å². The summed E-state index contributed by atoms with van der Waals surface area (Å²) in [6.45, 7) is 1.68. The lowest BCUT2D eigenvalue weighted by Crippen LogP contribution is -2.06. The average molecular weight is 259 g/mol. The average Bonchev–Trinajstić information content (AvgIpc) is 2.47. The van der Waals surface area contributed by atoms with Gasteiger partial charge in [-0.05, 0) is 18.2 Å². The van der Waals surface area contributed by atoms with E-state index in [4.69, 9.17) is 9.62 Å². The number of benzene rings is 1. The zero-order chi connectivity index (χ0) is 13.5. The van der Waals surface area contributed by atoms with Gasteiger partial charge in [-0.3, -0.25) is 9.78 Å². The summed E-state index contributed by atoms with van der Waals surface area (Å²) in [5.41, 5.74) is 0. The summed E-state index contributed by atoms with van der Waals surface area (Å²) in [5.74, 6) is 0.716. The van der Waals surface area contributed by atoms with Crippen molar-refractivity contribution < 1.29 is 19.3 Å². The molecule has 0 aliphatic carbocycles. The summed E-state index contributed by atoms with van der Waals surface area (Å²) < 4.78 is 5.55. The molecular formula is C14H13NO4. The molecule has 0 unspecified atom stereocenters. The summed E-state index contributed by atoms with van der Waals surface area (Å²) in [7, 11) is 0. The van der Waals surface area contributed by atoms with Crippen LogP contribution in [0.1, 0.15) is 13.3 Å². The number of aromatic nitrogens is 1. The molecule has 0 N–H and O–H groups in total. The maximum absolute atomic E-state index is 11.1. The van der Waals surface area contributed by atoms with Crippen molar-refractivity contribution in [3.63, 3.8) is 0 Å². The highest BCUT2D eigenvalue weighted by Gasteiger charge is 2.09. The molecule has 5 heteroatoms. The molecule has 0 aliphatic rings. The van der Waals surface area contributed by atoms with E-state index in [-0.39, 0.29) is 6.42 Å². The lowest BCUT2D eigenvalue weighted by atomic mass is 10.3. The van der Waals surface area contributed by atoms with Crippen molar-refractivity contribution >= 4 is 5.97 Å². The zero-order valence-corrected chi connectivity index (χ0v) is 10.4. The molecule has 2 aromatic rings. The van der Waals surface area contributed by atoms with E-state index < -0.39 is 5.97 Å². The third-order valence-electron chi connectivity index (χ3n) is 2.21. The fourth-order valence-electron chi connectivity index (χ4n) is 1.27. The second kappa shape index (κ2) is 6.39. The van der Waals surface area contributed by atoms with E-state index >= 15 is 0 Å². The highest BCUT2D eigenvalue weighted by atomic mass is 17.2. The van der Waals surface area contributed by atoms with Crippen LogP contribution in [0.3, 0.4) is 0 Å². The fraction of sp³-hybridized carbons (Fsp3) is 0.143. The molecule has 19 heavy (non-hydrogen) atoms. The number of nitrogens with zero attached hydrogens (tertiary/aromatic N) is 1. The van der Waals surface area contributed by atoms with Crippen LogP contribution in [-0.4, -0.2) is 11.0 Å². The Balaban J connectivity index is 2.10. The van der Waals surface area contributed by atoms with Crippen molar-refractivity contribution in [3.05, 3.63) is 48.7 Å². The minimum atomic E-state index is -0.451. The van der Waals surface area contributed by atoms with Crippen LogP contribution in [0, 0.1) is 0 Å². The van der Waals surface area contributed by atoms with E-state index in [1.54, 1.807) is 49.5 Å². The van der Waals surface area contributed by atoms with Crippen LogP contribution in [0.4, 0.5) is 0 Å². The highest BCUT2D eigenvalue weighted by Crippen LogP contribution is 2.30. The van der Waals surface area contributed by atoms with Gasteiger partial charge in [0.05, 0.1) is 0 Å². The monoisotopic (exact) mass is 259 g/mol. The molecule has 0 spiro atoms. The highest BCUT2D eigenvalue weighted by molar-refractivity contribution is 5.68. The van der Waals surface area contributed by atoms with E-state index in [0.717, 1.165) is 0 Å². The zero-order valence-electron chi connectivity index (χ0n) is 10.4. The number of rotatable bonds is 5. The standard InChI is InChI=1S/C14H13NO4/c1-2-14(16)19-18-12-8-4-3-7-11(12)17-13-9-5-6-10-15-13/h3-10H,2H2,1H3. The predicted octanol–water partition coefficient (Wildman–Crippen LogP) is 3.12. The maximum atomic E-state index is 11.1. The van der Waals surface area contributed by atoms with Crippen LogP contribution in [-0.2, 0) is 9.68 Å². The lowest BCUT2D eigenvalue weighted by Gasteiger charge is -2.09. The molecular weight excluding hydrogens is 246 g/mol. The minimum Gasteiger partial charge on any atom is -0.435 e. The second-order valence-corrected chi connectivity index (χ2v) is 3.61. The van der Waals surface area contributed by atoms with E-state index in [9.17, 15) is 4.79 Å². The van der Waals surface area contributed by atoms with Gasteiger partial charge in [-0.1, -0.05) is 25.1 Å². The summed E-state index contributed by atoms with van der Waals surface area (Å²) >= 11 is 0. The van der Waals surface area contributed by atoms with Crippen molar-refractivity contribution in [2.45, 2.75) is 13.3 Å². The molecule has 0 aliphatic heterocycles. The molecule has 0 radical (unpaired) electrons. The third kappa shape index (κ3) is 3.70. The number of carbonyl (C=O) groups is 1. The Bertz CT molecular complexity index is 542. The maximum Gasteiger partial charge on any atom is 0.355 e. The van der Waals surface area contributed by atoms with Crippen LogP contribution in [0.2, 0.25) is 0 Å². The minimum absolute atomic E-state index is 0.239. The first-order chi connectivity index (χ1) is 9.29. The van der Waals surface area contributed by atoms with Gasteiger partial charge in [-0.2, -0.15) is 0 Å². The number of carbonyl (C=O) groups excluding carboxylic acids is 1. The first-order valence-electron chi connectivity index (χ1n) is 5.85. The Morgan fingerprint density at radius 3 is 2.53 bits per heavy atom. The van der Waals surface area contributed by atoms with Gasteiger partial charge in [0.1, 0.15) is 0 Å². The Morgan fingerprint density at radius 1 is 1.11 bits per heavy atom. The summed E-state index contributed by atoms with van der Waals surface area (Å²) in [4.78, 5) is 24.7.